The molecule has 15 heavy (non-hydrogen) atoms. The SMILES string of the molecule is ClCCOCCCNc1ncncc1I. The van der Waals surface area contributed by atoms with Crippen molar-refractivity contribution in [1.82, 2.24) is 9.97 Å². The van der Waals surface area contributed by atoms with Crippen LogP contribution in [0.2, 0.25) is 0 Å². The molecular weight excluding hydrogens is 328 g/mol. The van der Waals surface area contributed by atoms with Crippen LogP contribution in [-0.2, 0) is 4.74 Å². The molecule has 0 bridgehead atoms. The Morgan fingerprint density at radius 2 is 2.33 bits per heavy atom. The van der Waals surface area contributed by atoms with Gasteiger partial charge in [-0.1, -0.05) is 0 Å². The minimum absolute atomic E-state index is 0.553. The average molecular weight is 342 g/mol. The van der Waals surface area contributed by atoms with E-state index in [9.17, 15) is 0 Å². The van der Waals surface area contributed by atoms with E-state index in [2.05, 4.69) is 37.9 Å². The van der Waals surface area contributed by atoms with E-state index in [1.165, 1.54) is 6.33 Å². The summed E-state index contributed by atoms with van der Waals surface area (Å²) in [5.41, 5.74) is 0. The van der Waals surface area contributed by atoms with Gasteiger partial charge in [0.1, 0.15) is 12.1 Å². The first-order valence-corrected chi connectivity index (χ1v) is 6.29. The lowest BCUT2D eigenvalue weighted by Crippen LogP contribution is -2.08. The molecule has 0 saturated heterocycles. The number of aromatic nitrogens is 2. The highest BCUT2D eigenvalue weighted by Crippen LogP contribution is 2.11. The molecule has 0 aliphatic heterocycles. The molecule has 1 rings (SSSR count). The molecule has 1 N–H and O–H groups in total. The van der Waals surface area contributed by atoms with Crippen LogP contribution in [0, 0.1) is 3.57 Å². The number of ether oxygens (including phenoxy) is 1. The molecule has 0 spiro atoms. The van der Waals surface area contributed by atoms with Gasteiger partial charge in [-0.3, -0.25) is 0 Å². The second kappa shape index (κ2) is 8.06. The standard InChI is InChI=1S/C9H13ClIN3O/c10-2-5-15-4-1-3-13-9-8(11)6-12-7-14-9/h6-7H,1-5H2,(H,12,13,14). The van der Waals surface area contributed by atoms with Crippen molar-refractivity contribution in [3.63, 3.8) is 0 Å². The number of rotatable bonds is 7. The van der Waals surface area contributed by atoms with Crippen molar-refractivity contribution in [2.75, 3.05) is 31.0 Å². The molecule has 0 saturated carbocycles. The molecule has 0 unspecified atom stereocenters. The minimum atomic E-state index is 0.553. The molecule has 1 aromatic heterocycles. The molecule has 0 atom stereocenters. The van der Waals surface area contributed by atoms with Crippen LogP contribution in [0.25, 0.3) is 0 Å². The largest absolute Gasteiger partial charge is 0.380 e. The Morgan fingerprint density at radius 3 is 3.07 bits per heavy atom. The molecule has 0 aliphatic rings. The van der Waals surface area contributed by atoms with Crippen molar-refractivity contribution in [1.29, 1.82) is 0 Å². The quantitative estimate of drug-likeness (QED) is 0.469. The summed E-state index contributed by atoms with van der Waals surface area (Å²) in [4.78, 5) is 8.04. The Bertz CT molecular complexity index is 288. The number of hydrogen-bond acceptors (Lipinski definition) is 4. The van der Waals surface area contributed by atoms with E-state index < -0.39 is 0 Å². The zero-order valence-corrected chi connectivity index (χ0v) is 11.2. The van der Waals surface area contributed by atoms with Gasteiger partial charge in [-0.15, -0.1) is 11.6 Å². The third-order valence-electron chi connectivity index (χ3n) is 1.65. The number of nitrogens with one attached hydrogen (secondary N) is 1. The van der Waals surface area contributed by atoms with Crippen molar-refractivity contribution >= 4 is 40.0 Å². The molecule has 1 aromatic rings. The lowest BCUT2D eigenvalue weighted by atomic mass is 10.4. The summed E-state index contributed by atoms with van der Waals surface area (Å²) in [6.45, 7) is 2.18. The monoisotopic (exact) mass is 341 g/mol. The van der Waals surface area contributed by atoms with E-state index in [0.29, 0.717) is 12.5 Å². The highest BCUT2D eigenvalue weighted by molar-refractivity contribution is 14.1. The Morgan fingerprint density at radius 1 is 1.47 bits per heavy atom. The molecule has 0 fully saturated rings. The van der Waals surface area contributed by atoms with Gasteiger partial charge in [0.05, 0.1) is 10.2 Å². The van der Waals surface area contributed by atoms with Crippen LogP contribution in [0.1, 0.15) is 6.42 Å². The Kier molecular flexibility index (Phi) is 6.95. The molecule has 0 aliphatic carbocycles. The van der Waals surface area contributed by atoms with Crippen molar-refractivity contribution in [3.05, 3.63) is 16.1 Å². The van der Waals surface area contributed by atoms with Crippen LogP contribution in [0.15, 0.2) is 12.5 Å². The molecule has 0 amide bonds. The molecule has 84 valence electrons. The number of nitrogens with zero attached hydrogens (tertiary/aromatic N) is 2. The minimum Gasteiger partial charge on any atom is -0.380 e. The zero-order chi connectivity index (χ0) is 10.9. The van der Waals surface area contributed by atoms with E-state index in [1.54, 1.807) is 6.20 Å². The number of halogens is 2. The Labute approximate surface area is 108 Å². The maximum absolute atomic E-state index is 5.47. The lowest BCUT2D eigenvalue weighted by Gasteiger charge is -2.06. The first-order chi connectivity index (χ1) is 7.34. The van der Waals surface area contributed by atoms with Crippen molar-refractivity contribution in [3.8, 4) is 0 Å². The van der Waals surface area contributed by atoms with Crippen LogP contribution >= 0.6 is 34.2 Å². The predicted octanol–water partition coefficient (Wildman–Crippen LogP) is 2.14. The van der Waals surface area contributed by atoms with Gasteiger partial charge in [0.25, 0.3) is 0 Å². The first kappa shape index (κ1) is 12.9. The predicted molar refractivity (Wildman–Crippen MR) is 69.4 cm³/mol. The van der Waals surface area contributed by atoms with Gasteiger partial charge in [-0.2, -0.15) is 0 Å². The topological polar surface area (TPSA) is 47.0 Å². The van der Waals surface area contributed by atoms with Crippen molar-refractivity contribution in [2.24, 2.45) is 0 Å². The third-order valence-corrected chi connectivity index (χ3v) is 2.59. The van der Waals surface area contributed by atoms with Crippen LogP contribution in [0.5, 0.6) is 0 Å². The van der Waals surface area contributed by atoms with Crippen LogP contribution in [-0.4, -0.2) is 35.6 Å². The fraction of sp³-hybridized carbons (Fsp3) is 0.556. The first-order valence-electron chi connectivity index (χ1n) is 4.67. The highest BCUT2D eigenvalue weighted by atomic mass is 127. The smallest absolute Gasteiger partial charge is 0.142 e. The van der Waals surface area contributed by atoms with Gasteiger partial charge in [0.2, 0.25) is 0 Å². The fourth-order valence-electron chi connectivity index (χ4n) is 0.980. The van der Waals surface area contributed by atoms with Gasteiger partial charge >= 0.3 is 0 Å². The zero-order valence-electron chi connectivity index (χ0n) is 8.25. The van der Waals surface area contributed by atoms with Crippen LogP contribution in [0.3, 0.4) is 0 Å². The average Bonchev–Trinajstić information content (AvgIpc) is 2.25. The molecule has 0 radical (unpaired) electrons. The summed E-state index contributed by atoms with van der Waals surface area (Å²) in [6.07, 6.45) is 4.26. The maximum Gasteiger partial charge on any atom is 0.142 e. The Hall–Kier alpha value is -0.140. The lowest BCUT2D eigenvalue weighted by molar-refractivity contribution is 0.149. The summed E-state index contributed by atoms with van der Waals surface area (Å²) >= 11 is 7.67. The van der Waals surface area contributed by atoms with E-state index in [4.69, 9.17) is 16.3 Å². The van der Waals surface area contributed by atoms with Crippen LogP contribution in [0.4, 0.5) is 5.82 Å². The van der Waals surface area contributed by atoms with Crippen molar-refractivity contribution in [2.45, 2.75) is 6.42 Å². The second-order valence-electron chi connectivity index (χ2n) is 2.80. The summed E-state index contributed by atoms with van der Waals surface area (Å²) in [5.74, 6) is 1.43. The van der Waals surface area contributed by atoms with Gasteiger partial charge in [0, 0.05) is 25.2 Å². The molecule has 4 nitrogen and oxygen atoms in total. The highest BCUT2D eigenvalue weighted by Gasteiger charge is 1.98. The van der Waals surface area contributed by atoms with Gasteiger partial charge in [0.15, 0.2) is 0 Å². The van der Waals surface area contributed by atoms with E-state index >= 15 is 0 Å². The van der Waals surface area contributed by atoms with E-state index in [-0.39, 0.29) is 0 Å². The maximum atomic E-state index is 5.47. The summed E-state index contributed by atoms with van der Waals surface area (Å²) in [6, 6.07) is 0. The Balaban J connectivity index is 2.12. The van der Waals surface area contributed by atoms with E-state index in [0.717, 1.165) is 29.0 Å². The number of anilines is 1. The molecule has 1 heterocycles. The molecule has 0 aromatic carbocycles. The summed E-state index contributed by atoms with van der Waals surface area (Å²) in [5, 5.41) is 3.22. The number of alkyl halides is 1. The third kappa shape index (κ3) is 5.48. The molecular formula is C9H13ClIN3O. The van der Waals surface area contributed by atoms with Gasteiger partial charge in [-0.05, 0) is 29.0 Å². The summed E-state index contributed by atoms with van der Waals surface area (Å²) in [7, 11) is 0. The fourth-order valence-corrected chi connectivity index (χ4v) is 1.58. The second-order valence-corrected chi connectivity index (χ2v) is 4.34. The van der Waals surface area contributed by atoms with E-state index in [1.807, 2.05) is 0 Å². The molecule has 6 heteroatoms. The van der Waals surface area contributed by atoms with Crippen molar-refractivity contribution < 1.29 is 4.74 Å². The van der Waals surface area contributed by atoms with Gasteiger partial charge < -0.3 is 10.1 Å². The normalized spacial score (nSPS) is 10.3. The number of hydrogen-bond donors (Lipinski definition) is 1. The van der Waals surface area contributed by atoms with Gasteiger partial charge in [-0.25, -0.2) is 9.97 Å². The summed E-state index contributed by atoms with van der Waals surface area (Å²) < 4.78 is 6.27. The van der Waals surface area contributed by atoms with Crippen LogP contribution < -0.4 is 5.32 Å².